The van der Waals surface area contributed by atoms with E-state index in [1.165, 1.54) is 44.9 Å². The Morgan fingerprint density at radius 1 is 0.778 bits per heavy atom. The van der Waals surface area contributed by atoms with Crippen molar-refractivity contribution in [2.24, 2.45) is 0 Å². The maximum Gasteiger partial charge on any atom is 0.267 e. The van der Waals surface area contributed by atoms with Gasteiger partial charge in [0.2, 0.25) is 5.43 Å². The van der Waals surface area contributed by atoms with Crippen molar-refractivity contribution < 1.29 is 5.11 Å². The molecule has 0 aliphatic carbocycles. The Hall–Kier alpha value is -1.12. The Balaban J connectivity index is 1.97. The summed E-state index contributed by atoms with van der Waals surface area (Å²) in [6.07, 6.45) is 11.6. The second-order valence-electron chi connectivity index (χ2n) is 5.06. The first kappa shape index (κ1) is 14.9. The van der Waals surface area contributed by atoms with E-state index in [4.69, 9.17) is 0 Å². The highest BCUT2D eigenvalue weighted by molar-refractivity contribution is 5.37. The summed E-state index contributed by atoms with van der Waals surface area (Å²) in [6, 6.07) is 0. The minimum Gasteiger partial charge on any atom is -0.504 e. The van der Waals surface area contributed by atoms with E-state index in [1.54, 1.807) is 0 Å². The quantitative estimate of drug-likeness (QED) is 0.514. The number of hydrogen-bond acceptors (Lipinski definition) is 3. The molecule has 0 bridgehead atoms. The summed E-state index contributed by atoms with van der Waals surface area (Å²) in [5, 5.41) is 9.18. The zero-order chi connectivity index (χ0) is 13.4. The van der Waals surface area contributed by atoms with E-state index >= 15 is 0 Å². The molecule has 1 N–H and O–H groups in total. The van der Waals surface area contributed by atoms with E-state index in [0.29, 0.717) is 12.0 Å². The molecule has 3 heteroatoms. The molecule has 18 heavy (non-hydrogen) atoms. The second-order valence-corrected chi connectivity index (χ2v) is 5.06. The number of unbranched alkanes of at least 4 members (excludes halogenated alkanes) is 8. The van der Waals surface area contributed by atoms with Crippen molar-refractivity contribution in [1.29, 1.82) is 0 Å². The van der Waals surface area contributed by atoms with Gasteiger partial charge in [0.25, 0.3) is 5.43 Å². The lowest BCUT2D eigenvalue weighted by Gasteiger charge is -2.05. The number of hydrogen-bond donors (Lipinski definition) is 1. The average molecular weight is 252 g/mol. The molecule has 0 amide bonds. The molecule has 0 saturated carbocycles. The first-order valence-electron chi connectivity index (χ1n) is 7.19. The van der Waals surface area contributed by atoms with Crippen LogP contribution in [0, 0.1) is 0 Å². The Bertz CT molecular complexity index is 413. The second kappa shape index (κ2) is 8.06. The first-order valence-corrected chi connectivity index (χ1v) is 7.19. The van der Waals surface area contributed by atoms with Crippen molar-refractivity contribution in [3.63, 3.8) is 0 Å². The largest absolute Gasteiger partial charge is 0.504 e. The standard InChI is InChI=1S/C15H24O3/c1-2-3-4-5-6-7-8-9-10-11-12-13(16)15(18)14(12)17/h16H,2-11H2,1H3. The zero-order valence-corrected chi connectivity index (χ0v) is 11.3. The molecule has 0 fully saturated rings. The van der Waals surface area contributed by atoms with Crippen LogP contribution in [0.5, 0.6) is 5.75 Å². The maximum absolute atomic E-state index is 11.1. The van der Waals surface area contributed by atoms with Gasteiger partial charge in [-0.25, -0.2) is 0 Å². The summed E-state index contributed by atoms with van der Waals surface area (Å²) in [5.74, 6) is -0.292. The minimum atomic E-state index is -0.707. The first-order chi connectivity index (χ1) is 8.68. The molecule has 0 aliphatic rings. The van der Waals surface area contributed by atoms with Crippen LogP contribution in [-0.2, 0) is 6.42 Å². The van der Waals surface area contributed by atoms with Gasteiger partial charge in [0.15, 0.2) is 5.75 Å². The molecule has 1 aromatic rings. The molecular formula is C15H24O3. The molecule has 1 aromatic carbocycles. The summed E-state index contributed by atoms with van der Waals surface area (Å²) in [6.45, 7) is 2.22. The molecule has 0 radical (unpaired) electrons. The molecule has 0 aromatic heterocycles. The highest BCUT2D eigenvalue weighted by Crippen LogP contribution is 2.14. The van der Waals surface area contributed by atoms with Crippen molar-refractivity contribution in [3.05, 3.63) is 26.0 Å². The van der Waals surface area contributed by atoms with Crippen LogP contribution in [0.3, 0.4) is 0 Å². The molecule has 0 unspecified atom stereocenters. The third-order valence-corrected chi connectivity index (χ3v) is 3.51. The fourth-order valence-electron chi connectivity index (χ4n) is 2.27. The van der Waals surface area contributed by atoms with Gasteiger partial charge >= 0.3 is 0 Å². The van der Waals surface area contributed by atoms with Crippen LogP contribution < -0.4 is 10.9 Å². The molecule has 1 rings (SSSR count). The number of rotatable bonds is 10. The van der Waals surface area contributed by atoms with E-state index in [9.17, 15) is 14.7 Å². The third-order valence-electron chi connectivity index (χ3n) is 3.51. The van der Waals surface area contributed by atoms with Gasteiger partial charge in [0, 0.05) is 5.56 Å². The van der Waals surface area contributed by atoms with E-state index in [1.807, 2.05) is 0 Å². The smallest absolute Gasteiger partial charge is 0.267 e. The lowest BCUT2D eigenvalue weighted by Crippen LogP contribution is -2.34. The zero-order valence-electron chi connectivity index (χ0n) is 11.3. The molecule has 3 nitrogen and oxygen atoms in total. The molecule has 102 valence electrons. The fraction of sp³-hybridized carbons (Fsp3) is 0.733. The van der Waals surface area contributed by atoms with Crippen LogP contribution in [0.4, 0.5) is 0 Å². The lowest BCUT2D eigenvalue weighted by molar-refractivity contribution is 0.451. The summed E-state index contributed by atoms with van der Waals surface area (Å²) < 4.78 is 0. The molecule has 0 spiro atoms. The van der Waals surface area contributed by atoms with Gasteiger partial charge < -0.3 is 5.11 Å². The van der Waals surface area contributed by atoms with Crippen LogP contribution in [0.15, 0.2) is 9.59 Å². The monoisotopic (exact) mass is 252 g/mol. The van der Waals surface area contributed by atoms with Gasteiger partial charge in [-0.1, -0.05) is 58.3 Å². The topological polar surface area (TPSA) is 54.4 Å². The normalized spacial score (nSPS) is 11.2. The van der Waals surface area contributed by atoms with Gasteiger partial charge in [-0.15, -0.1) is 0 Å². The number of aromatic hydroxyl groups is 1. The third kappa shape index (κ3) is 4.28. The minimum absolute atomic E-state index is 0.292. The van der Waals surface area contributed by atoms with Crippen LogP contribution in [0.1, 0.15) is 70.3 Å². The van der Waals surface area contributed by atoms with Gasteiger partial charge in [0.05, 0.1) is 0 Å². The molecule has 0 saturated heterocycles. The van der Waals surface area contributed by atoms with Crippen LogP contribution in [0.2, 0.25) is 0 Å². The molecule has 0 heterocycles. The van der Waals surface area contributed by atoms with Gasteiger partial charge in [-0.05, 0) is 12.8 Å². The SMILES string of the molecule is CCCCCCCCCCCc1c(O)c(=O)c1=O. The van der Waals surface area contributed by atoms with Crippen molar-refractivity contribution in [2.75, 3.05) is 0 Å². The summed E-state index contributed by atoms with van der Waals surface area (Å²) in [5.41, 5.74) is -0.837. The predicted octanol–water partition coefficient (Wildman–Crippen LogP) is 3.06. The van der Waals surface area contributed by atoms with Crippen molar-refractivity contribution >= 4 is 0 Å². The van der Waals surface area contributed by atoms with E-state index in [0.717, 1.165) is 12.8 Å². The van der Waals surface area contributed by atoms with Crippen molar-refractivity contribution in [3.8, 4) is 5.75 Å². The molecular weight excluding hydrogens is 228 g/mol. The van der Waals surface area contributed by atoms with Crippen molar-refractivity contribution in [1.82, 2.24) is 0 Å². The molecule has 0 aliphatic heterocycles. The van der Waals surface area contributed by atoms with E-state index in [-0.39, 0.29) is 5.75 Å². The highest BCUT2D eigenvalue weighted by atomic mass is 16.3. The Morgan fingerprint density at radius 3 is 1.78 bits per heavy atom. The lowest BCUT2D eigenvalue weighted by atomic mass is 10.0. The van der Waals surface area contributed by atoms with Gasteiger partial charge in [-0.3, -0.25) is 9.59 Å². The Kier molecular flexibility index (Phi) is 6.69. The van der Waals surface area contributed by atoms with Crippen LogP contribution >= 0.6 is 0 Å². The van der Waals surface area contributed by atoms with Crippen LogP contribution in [-0.4, -0.2) is 5.11 Å². The summed E-state index contributed by atoms with van der Waals surface area (Å²) >= 11 is 0. The Morgan fingerprint density at radius 2 is 1.28 bits per heavy atom. The van der Waals surface area contributed by atoms with Crippen molar-refractivity contribution in [2.45, 2.75) is 71.1 Å². The van der Waals surface area contributed by atoms with Gasteiger partial charge in [-0.2, -0.15) is 0 Å². The highest BCUT2D eigenvalue weighted by Gasteiger charge is 2.18. The Labute approximate surface area is 109 Å². The maximum atomic E-state index is 11.1. The van der Waals surface area contributed by atoms with Crippen LogP contribution in [0.25, 0.3) is 0 Å². The van der Waals surface area contributed by atoms with E-state index in [2.05, 4.69) is 6.92 Å². The summed E-state index contributed by atoms with van der Waals surface area (Å²) in [7, 11) is 0. The summed E-state index contributed by atoms with van der Waals surface area (Å²) in [4.78, 5) is 21.8. The average Bonchev–Trinajstić information content (AvgIpc) is 2.40. The molecule has 0 atom stereocenters. The van der Waals surface area contributed by atoms with Gasteiger partial charge in [0.1, 0.15) is 0 Å². The predicted molar refractivity (Wildman–Crippen MR) is 73.9 cm³/mol. The fourth-order valence-corrected chi connectivity index (χ4v) is 2.27. The van der Waals surface area contributed by atoms with E-state index < -0.39 is 10.9 Å².